The molecule has 0 amide bonds. The molecule has 6 aliphatic rings. The normalized spacial score (nSPS) is 15.6. The van der Waals surface area contributed by atoms with Crippen LogP contribution in [0.5, 0.6) is 0 Å². The Morgan fingerprint density at radius 2 is 0.510 bits per heavy atom. The minimum atomic E-state index is -0.0694. The van der Waals surface area contributed by atoms with E-state index in [2.05, 4.69) is 18.2 Å². The monoisotopic (exact) mass is 1420 g/mol. The maximum Gasteiger partial charge on any atom is 0.133 e. The lowest BCUT2D eigenvalue weighted by atomic mass is 9.77. The van der Waals surface area contributed by atoms with E-state index in [1.54, 1.807) is 26.8 Å². The van der Waals surface area contributed by atoms with Crippen molar-refractivity contribution in [2.45, 2.75) is 290 Å². The minimum absolute atomic E-state index is 0.0249. The molecular weight excluding hydrogens is 1310 g/mol. The molecule has 0 bridgehead atoms. The van der Waals surface area contributed by atoms with Gasteiger partial charge in [-0.05, 0) is 378 Å². The predicted molar refractivity (Wildman–Crippen MR) is 425 cm³/mol. The molecule has 0 nitrogen and oxygen atoms in total. The van der Waals surface area contributed by atoms with Gasteiger partial charge in [-0.1, -0.05) is 155 Å². The fraction of sp³-hybridized carbons (Fsp3) is 0.458. The van der Waals surface area contributed by atoms with Crippen LogP contribution >= 0.6 is 0 Å². The maximum atomic E-state index is 14.0. The quantitative estimate of drug-likeness (QED) is 0.140. The second-order valence-corrected chi connectivity index (χ2v) is 30.8. The lowest BCUT2D eigenvalue weighted by Crippen LogP contribution is -2.13. The molecule has 14 rings (SSSR count). The summed E-state index contributed by atoms with van der Waals surface area (Å²) in [5.74, 6) is 1.95. The highest BCUT2D eigenvalue weighted by Gasteiger charge is 2.29. The molecule has 0 aliphatic heterocycles. The first-order valence-corrected chi connectivity index (χ1v) is 38.9. The van der Waals surface area contributed by atoms with Crippen molar-refractivity contribution in [2.75, 3.05) is 0 Å². The van der Waals surface area contributed by atoms with Crippen molar-refractivity contribution in [1.82, 2.24) is 0 Å². The molecule has 560 valence electrons. The zero-order chi connectivity index (χ0) is 76.2. The second kappa shape index (κ2) is 39.9. The van der Waals surface area contributed by atoms with E-state index in [9.17, 15) is 35.1 Å². The summed E-state index contributed by atoms with van der Waals surface area (Å²) in [4.78, 5) is 0. The fourth-order valence-corrected chi connectivity index (χ4v) is 15.4. The van der Waals surface area contributed by atoms with Crippen molar-refractivity contribution in [3.05, 3.63) is 289 Å². The summed E-state index contributed by atoms with van der Waals surface area (Å²) in [6.45, 7) is 34.3. The van der Waals surface area contributed by atoms with Gasteiger partial charge in [0.15, 0.2) is 0 Å². The van der Waals surface area contributed by atoms with Crippen molar-refractivity contribution in [3.63, 3.8) is 0 Å². The van der Waals surface area contributed by atoms with Crippen LogP contribution in [0.2, 0.25) is 0 Å². The second-order valence-electron chi connectivity index (χ2n) is 30.8. The van der Waals surface area contributed by atoms with Gasteiger partial charge in [0.1, 0.15) is 46.5 Å². The number of benzene rings is 8. The molecule has 0 radical (unpaired) electrons. The van der Waals surface area contributed by atoms with Crippen LogP contribution in [-0.2, 0) is 6.42 Å². The molecule has 0 unspecified atom stereocenters. The van der Waals surface area contributed by atoms with Crippen molar-refractivity contribution in [1.29, 1.82) is 0 Å². The minimum Gasteiger partial charge on any atom is -0.206 e. The van der Waals surface area contributed by atoms with Crippen molar-refractivity contribution >= 4 is 11.1 Å². The molecule has 4 saturated carbocycles. The van der Waals surface area contributed by atoms with Crippen LogP contribution in [0.25, 0.3) is 11.1 Å². The number of hydrogen-bond donors (Lipinski definition) is 0. The van der Waals surface area contributed by atoms with Gasteiger partial charge in [-0.3, -0.25) is 0 Å². The molecule has 8 aromatic carbocycles. The van der Waals surface area contributed by atoms with E-state index in [0.29, 0.717) is 23.7 Å². The van der Waals surface area contributed by atoms with Gasteiger partial charge >= 0.3 is 0 Å². The zero-order valence-corrected chi connectivity index (χ0v) is 66.3. The van der Waals surface area contributed by atoms with E-state index in [1.807, 2.05) is 189 Å². The molecule has 8 heteroatoms. The summed E-state index contributed by atoms with van der Waals surface area (Å²) in [6.07, 6.45) is 30.0. The first kappa shape index (κ1) is 83.9. The van der Waals surface area contributed by atoms with Gasteiger partial charge in [0, 0.05) is 11.1 Å². The van der Waals surface area contributed by atoms with Crippen molar-refractivity contribution in [3.8, 4) is 0 Å². The molecule has 0 spiro atoms. The highest BCUT2D eigenvalue weighted by atomic mass is 19.2. The Morgan fingerprint density at radius 1 is 0.240 bits per heavy atom. The van der Waals surface area contributed by atoms with E-state index in [1.165, 1.54) is 120 Å². The van der Waals surface area contributed by atoms with E-state index < -0.39 is 0 Å². The molecular formula is C96H120F8. The SMILES string of the molecule is CCc1c(C)ccc(C)c1F.Cc1ccc(C)c(C2=CCCC2)c1F.Cc1ccc(C)c(C2=CCCCC2)c1F.Cc1ccc(C)c(C2CC2)c1F.Cc1ccc(C)c(C2CCC2)c1F.Cc1ccc(C)c(C2CCCC2)c1F.Cc1ccc(C)c(C2CCCCC2)c1F.Cc1ccc(C)c(F)c1C. The average Bonchev–Trinajstić information content (AvgIpc) is 1.64. The molecule has 8 aromatic rings. The third-order valence-corrected chi connectivity index (χ3v) is 22.6. The molecule has 0 N–H and O–H groups in total. The third kappa shape index (κ3) is 22.2. The van der Waals surface area contributed by atoms with E-state index in [4.69, 9.17) is 0 Å². The molecule has 4 fully saturated rings. The zero-order valence-electron chi connectivity index (χ0n) is 66.3. The third-order valence-electron chi connectivity index (χ3n) is 22.6. The number of halogens is 8. The summed E-state index contributed by atoms with van der Waals surface area (Å²) in [6, 6.07) is 30.9. The topological polar surface area (TPSA) is 0 Å². The van der Waals surface area contributed by atoms with Gasteiger partial charge in [-0.15, -0.1) is 0 Å². The molecule has 0 saturated heterocycles. The highest BCUT2D eigenvalue weighted by Crippen LogP contribution is 2.44. The summed E-state index contributed by atoms with van der Waals surface area (Å²) in [7, 11) is 0. The van der Waals surface area contributed by atoms with Crippen molar-refractivity contribution in [2.24, 2.45) is 0 Å². The van der Waals surface area contributed by atoms with Crippen molar-refractivity contribution < 1.29 is 35.1 Å². The smallest absolute Gasteiger partial charge is 0.133 e. The highest BCUT2D eigenvalue weighted by molar-refractivity contribution is 5.71. The van der Waals surface area contributed by atoms with E-state index >= 15 is 0 Å². The Hall–Kier alpha value is -7.32. The fourth-order valence-electron chi connectivity index (χ4n) is 15.4. The molecule has 0 heterocycles. The van der Waals surface area contributed by atoms with Gasteiger partial charge in [0.05, 0.1) is 0 Å². The van der Waals surface area contributed by atoms with E-state index in [-0.39, 0.29) is 46.5 Å². The first-order chi connectivity index (χ1) is 49.5. The van der Waals surface area contributed by atoms with Crippen LogP contribution in [0, 0.1) is 164 Å². The van der Waals surface area contributed by atoms with Gasteiger partial charge in [0.25, 0.3) is 0 Å². The Kier molecular flexibility index (Phi) is 32.2. The Morgan fingerprint density at radius 3 is 0.798 bits per heavy atom. The lowest BCUT2D eigenvalue weighted by Gasteiger charge is -2.28. The predicted octanol–water partition coefficient (Wildman–Crippen LogP) is 29.8. The van der Waals surface area contributed by atoms with Crippen LogP contribution in [0.3, 0.4) is 0 Å². The largest absolute Gasteiger partial charge is 0.206 e. The van der Waals surface area contributed by atoms with Crippen LogP contribution < -0.4 is 0 Å². The van der Waals surface area contributed by atoms with Crippen LogP contribution in [0.15, 0.2) is 109 Å². The number of allylic oxidation sites excluding steroid dienone is 4. The summed E-state index contributed by atoms with van der Waals surface area (Å²) >= 11 is 0. The van der Waals surface area contributed by atoms with Gasteiger partial charge in [-0.25, -0.2) is 35.1 Å². The van der Waals surface area contributed by atoms with Gasteiger partial charge in [0.2, 0.25) is 0 Å². The molecule has 6 aliphatic carbocycles. The summed E-state index contributed by atoms with van der Waals surface area (Å²) in [5, 5.41) is 0. The Bertz CT molecular complexity index is 4220. The summed E-state index contributed by atoms with van der Waals surface area (Å²) in [5.41, 5.74) is 24.4. The number of aryl methyl sites for hydroxylation is 16. The first-order valence-electron chi connectivity index (χ1n) is 38.9. The van der Waals surface area contributed by atoms with Gasteiger partial charge < -0.3 is 0 Å². The molecule has 0 aromatic heterocycles. The lowest BCUT2D eigenvalue weighted by molar-refractivity contribution is 0.401. The standard InChI is InChI=1S/C14H19F.C14H17F.C13H17F.C13H15F.C12H15F.C11H13F.C10H13F.C9H11F/c2*1-10-8-9-11(2)14(15)13(10)12-6-4-3-5-7-12;2*1-9-7-8-10(2)13(14)12(9)11-5-3-4-6-11;1-8-6-7-9(2)12(13)11(8)10-4-3-5-10;1-7-3-4-8(2)11(12)10(7)9-5-6-9;1-4-9-7(2)5-6-8(3)10(9)11;1-6-4-5-7(2)9(10)8(6)3/h8-9,12H,3-7H2,1-2H3;6,8-9H,3-5,7H2,1-2H3;7-8,11H,3-6H2,1-2H3;5,7-8H,3-4,6H2,1-2H3;6-7,10H,3-5H2,1-2H3;3-4,9H,5-6H2,1-2H3;5-6H,4H2,1-3H3;4-5H,1-3H3. The Balaban J connectivity index is 0.000000167. The maximum absolute atomic E-state index is 14.0. The Labute approximate surface area is 621 Å². The van der Waals surface area contributed by atoms with E-state index in [0.717, 1.165) is 166 Å². The van der Waals surface area contributed by atoms with Crippen LogP contribution in [-0.4, -0.2) is 0 Å². The summed E-state index contributed by atoms with van der Waals surface area (Å²) < 4.78 is 109. The number of rotatable bonds is 7. The van der Waals surface area contributed by atoms with Crippen LogP contribution in [0.4, 0.5) is 35.1 Å². The average molecular weight is 1430 g/mol. The molecule has 104 heavy (non-hydrogen) atoms. The number of hydrogen-bond acceptors (Lipinski definition) is 0. The van der Waals surface area contributed by atoms with Crippen LogP contribution in [0.1, 0.15) is 299 Å². The van der Waals surface area contributed by atoms with Gasteiger partial charge in [-0.2, -0.15) is 0 Å². The molecule has 0 atom stereocenters.